The van der Waals surface area contributed by atoms with Gasteiger partial charge in [-0.3, -0.25) is 0 Å². The van der Waals surface area contributed by atoms with Gasteiger partial charge in [-0.05, 0) is 49.6 Å². The summed E-state index contributed by atoms with van der Waals surface area (Å²) in [6, 6.07) is 14.4. The Labute approximate surface area is 146 Å². The topological polar surface area (TPSA) is 30.9 Å². The molecule has 2 nitrogen and oxygen atoms in total. The van der Waals surface area contributed by atoms with E-state index in [1.165, 1.54) is 16.8 Å². The largest absolute Gasteiger partial charge is 0.340 e. The third-order valence-corrected chi connectivity index (χ3v) is 5.13. The standard InChI is InChI=1S/C19H20Cl2N2/c1-13-15(8-5-11-22)18-17(10-9-16(20)19(18)21)23(13)12-14-6-3-2-4-7-14/h2-4,6-7,9-10H,5,8,11-12,22H2,1H3. The van der Waals surface area contributed by atoms with E-state index in [9.17, 15) is 0 Å². The van der Waals surface area contributed by atoms with Crippen molar-refractivity contribution in [2.75, 3.05) is 6.54 Å². The number of nitrogens with zero attached hydrogens (tertiary/aromatic N) is 1. The van der Waals surface area contributed by atoms with Gasteiger partial charge >= 0.3 is 0 Å². The molecule has 0 aliphatic carbocycles. The maximum atomic E-state index is 6.52. The number of fused-ring (bicyclic) bond motifs is 1. The molecule has 2 N–H and O–H groups in total. The molecule has 1 aromatic heterocycles. The molecule has 3 rings (SSSR count). The third-order valence-electron chi connectivity index (χ3n) is 4.32. The van der Waals surface area contributed by atoms with Gasteiger partial charge in [-0.25, -0.2) is 0 Å². The van der Waals surface area contributed by atoms with Gasteiger partial charge in [-0.1, -0.05) is 53.5 Å². The van der Waals surface area contributed by atoms with Crippen molar-refractivity contribution in [2.45, 2.75) is 26.3 Å². The molecule has 0 amide bonds. The molecule has 2 aromatic carbocycles. The lowest BCUT2D eigenvalue weighted by Crippen LogP contribution is -2.04. The lowest BCUT2D eigenvalue weighted by atomic mass is 10.1. The van der Waals surface area contributed by atoms with Crippen LogP contribution in [-0.4, -0.2) is 11.1 Å². The zero-order valence-corrected chi connectivity index (χ0v) is 14.7. The highest BCUT2D eigenvalue weighted by Gasteiger charge is 2.18. The Morgan fingerprint density at radius 1 is 1.04 bits per heavy atom. The normalized spacial score (nSPS) is 11.3. The fourth-order valence-electron chi connectivity index (χ4n) is 3.13. The van der Waals surface area contributed by atoms with E-state index >= 15 is 0 Å². The molecule has 0 aliphatic heterocycles. The summed E-state index contributed by atoms with van der Waals surface area (Å²) in [7, 11) is 0. The van der Waals surface area contributed by atoms with Crippen LogP contribution in [-0.2, 0) is 13.0 Å². The van der Waals surface area contributed by atoms with Gasteiger partial charge in [-0.15, -0.1) is 0 Å². The van der Waals surface area contributed by atoms with Crippen molar-refractivity contribution >= 4 is 34.1 Å². The minimum Gasteiger partial charge on any atom is -0.340 e. The molecular formula is C19H20Cl2N2. The summed E-state index contributed by atoms with van der Waals surface area (Å²) in [5.74, 6) is 0. The molecule has 0 fully saturated rings. The number of hydrogen-bond acceptors (Lipinski definition) is 1. The third kappa shape index (κ3) is 3.12. The van der Waals surface area contributed by atoms with Crippen LogP contribution in [0.4, 0.5) is 0 Å². The summed E-state index contributed by atoms with van der Waals surface area (Å²) < 4.78 is 2.32. The Hall–Kier alpha value is -1.48. The van der Waals surface area contributed by atoms with Crippen LogP contribution in [0.2, 0.25) is 10.0 Å². The van der Waals surface area contributed by atoms with Crippen LogP contribution in [0.3, 0.4) is 0 Å². The van der Waals surface area contributed by atoms with E-state index in [4.69, 9.17) is 28.9 Å². The van der Waals surface area contributed by atoms with Crippen LogP contribution in [0.15, 0.2) is 42.5 Å². The Morgan fingerprint density at radius 3 is 2.48 bits per heavy atom. The number of rotatable bonds is 5. The quantitative estimate of drug-likeness (QED) is 0.676. The average Bonchev–Trinajstić information content (AvgIpc) is 2.83. The summed E-state index contributed by atoms with van der Waals surface area (Å²) in [5, 5.41) is 2.32. The second-order valence-electron chi connectivity index (χ2n) is 5.78. The van der Waals surface area contributed by atoms with E-state index in [0.29, 0.717) is 16.6 Å². The Morgan fingerprint density at radius 2 is 1.78 bits per heavy atom. The van der Waals surface area contributed by atoms with Crippen molar-refractivity contribution in [3.63, 3.8) is 0 Å². The van der Waals surface area contributed by atoms with Crippen LogP contribution >= 0.6 is 23.2 Å². The minimum absolute atomic E-state index is 0.602. The first-order chi connectivity index (χ1) is 11.1. The van der Waals surface area contributed by atoms with Crippen LogP contribution in [0, 0.1) is 6.92 Å². The lowest BCUT2D eigenvalue weighted by molar-refractivity contribution is 0.777. The van der Waals surface area contributed by atoms with Crippen molar-refractivity contribution in [3.05, 3.63) is 69.3 Å². The molecule has 0 atom stereocenters. The molecule has 0 radical (unpaired) electrons. The zero-order chi connectivity index (χ0) is 16.4. The minimum atomic E-state index is 0.602. The number of hydrogen-bond donors (Lipinski definition) is 1. The molecule has 1 heterocycles. The van der Waals surface area contributed by atoms with E-state index in [1.54, 1.807) is 0 Å². The van der Waals surface area contributed by atoms with Crippen molar-refractivity contribution in [3.8, 4) is 0 Å². The Kier molecular flexibility index (Phi) is 4.96. The summed E-state index contributed by atoms with van der Waals surface area (Å²) in [6.45, 7) is 3.64. The van der Waals surface area contributed by atoms with Gasteiger partial charge < -0.3 is 10.3 Å². The first-order valence-corrected chi connectivity index (χ1v) is 8.58. The van der Waals surface area contributed by atoms with Gasteiger partial charge in [0.25, 0.3) is 0 Å². The maximum Gasteiger partial charge on any atom is 0.0689 e. The molecule has 23 heavy (non-hydrogen) atoms. The maximum absolute atomic E-state index is 6.52. The highest BCUT2D eigenvalue weighted by atomic mass is 35.5. The second kappa shape index (κ2) is 6.96. The number of halogens is 2. The Bertz CT molecular complexity index is 822. The summed E-state index contributed by atoms with van der Waals surface area (Å²) >= 11 is 12.8. The molecular weight excluding hydrogens is 327 g/mol. The SMILES string of the molecule is Cc1c(CCCN)c2c(Cl)c(Cl)ccc2n1Cc1ccccc1. The summed E-state index contributed by atoms with van der Waals surface area (Å²) in [5.41, 5.74) is 10.6. The van der Waals surface area contributed by atoms with E-state index in [2.05, 4.69) is 41.8 Å². The second-order valence-corrected chi connectivity index (χ2v) is 6.57. The molecule has 0 bridgehead atoms. The lowest BCUT2D eigenvalue weighted by Gasteiger charge is -2.09. The van der Waals surface area contributed by atoms with Gasteiger partial charge in [-0.2, -0.15) is 0 Å². The highest BCUT2D eigenvalue weighted by molar-refractivity contribution is 6.45. The molecule has 4 heteroatoms. The fourth-order valence-corrected chi connectivity index (χ4v) is 3.56. The fraction of sp³-hybridized carbons (Fsp3) is 0.263. The van der Waals surface area contributed by atoms with Gasteiger partial charge in [0.15, 0.2) is 0 Å². The first-order valence-electron chi connectivity index (χ1n) is 7.83. The van der Waals surface area contributed by atoms with E-state index in [1.807, 2.05) is 12.1 Å². The molecule has 120 valence electrons. The van der Waals surface area contributed by atoms with Crippen molar-refractivity contribution < 1.29 is 0 Å². The number of nitrogens with two attached hydrogens (primary N) is 1. The Balaban J connectivity index is 2.17. The van der Waals surface area contributed by atoms with Gasteiger partial charge in [0.1, 0.15) is 0 Å². The predicted octanol–water partition coefficient (Wildman–Crippen LogP) is 5.20. The van der Waals surface area contributed by atoms with E-state index in [0.717, 1.165) is 30.3 Å². The van der Waals surface area contributed by atoms with Crippen molar-refractivity contribution in [1.82, 2.24) is 4.57 Å². The van der Waals surface area contributed by atoms with E-state index in [-0.39, 0.29) is 0 Å². The number of benzene rings is 2. The van der Waals surface area contributed by atoms with E-state index < -0.39 is 0 Å². The molecule has 0 unspecified atom stereocenters. The van der Waals surface area contributed by atoms with Crippen LogP contribution < -0.4 is 5.73 Å². The molecule has 0 aliphatic rings. The monoisotopic (exact) mass is 346 g/mol. The van der Waals surface area contributed by atoms with Crippen LogP contribution in [0.5, 0.6) is 0 Å². The van der Waals surface area contributed by atoms with Crippen molar-refractivity contribution in [2.24, 2.45) is 5.73 Å². The van der Waals surface area contributed by atoms with Crippen LogP contribution in [0.1, 0.15) is 23.2 Å². The number of aromatic nitrogens is 1. The zero-order valence-electron chi connectivity index (χ0n) is 13.2. The van der Waals surface area contributed by atoms with Gasteiger partial charge in [0.2, 0.25) is 0 Å². The molecule has 3 aromatic rings. The summed E-state index contributed by atoms with van der Waals surface area (Å²) in [6.07, 6.45) is 1.86. The smallest absolute Gasteiger partial charge is 0.0689 e. The molecule has 0 saturated heterocycles. The first kappa shape index (κ1) is 16.4. The van der Waals surface area contributed by atoms with Gasteiger partial charge in [0, 0.05) is 17.6 Å². The predicted molar refractivity (Wildman–Crippen MR) is 99.6 cm³/mol. The average molecular weight is 347 g/mol. The van der Waals surface area contributed by atoms with Gasteiger partial charge in [0.05, 0.1) is 15.6 Å². The molecule has 0 saturated carbocycles. The van der Waals surface area contributed by atoms with Crippen LogP contribution in [0.25, 0.3) is 10.9 Å². The molecule has 0 spiro atoms. The highest BCUT2D eigenvalue weighted by Crippen LogP contribution is 2.37. The summed E-state index contributed by atoms with van der Waals surface area (Å²) in [4.78, 5) is 0. The number of aryl methyl sites for hydroxylation is 1. The van der Waals surface area contributed by atoms with Crippen molar-refractivity contribution in [1.29, 1.82) is 0 Å².